The number of ether oxygens (including phenoxy) is 1. The zero-order valence-corrected chi connectivity index (χ0v) is 15.5. The summed E-state index contributed by atoms with van der Waals surface area (Å²) in [7, 11) is 0. The number of nitrogens with zero attached hydrogens (tertiary/aromatic N) is 3. The third kappa shape index (κ3) is 3.05. The average molecular weight is 379 g/mol. The number of aromatic nitrogens is 3. The van der Waals surface area contributed by atoms with Crippen molar-refractivity contribution in [2.45, 2.75) is 20.4 Å². The molecular formula is C21H18FN3O3. The molecule has 0 radical (unpaired) electrons. The van der Waals surface area contributed by atoms with Gasteiger partial charge in [-0.05, 0) is 44.2 Å². The number of benzene rings is 2. The molecule has 2 aromatic heterocycles. The second-order valence-corrected chi connectivity index (χ2v) is 6.17. The van der Waals surface area contributed by atoms with Crippen LogP contribution in [0.1, 0.15) is 13.8 Å². The molecule has 142 valence electrons. The molecule has 0 aliphatic heterocycles. The molecular weight excluding hydrogens is 361 g/mol. The Morgan fingerprint density at radius 3 is 2.75 bits per heavy atom. The largest absolute Gasteiger partial charge is 0.493 e. The molecule has 0 fully saturated rings. The molecule has 0 amide bonds. The van der Waals surface area contributed by atoms with Crippen molar-refractivity contribution in [3.05, 3.63) is 64.7 Å². The van der Waals surface area contributed by atoms with Crippen molar-refractivity contribution in [2.24, 2.45) is 0 Å². The molecule has 28 heavy (non-hydrogen) atoms. The number of pyridine rings is 1. The Kier molecular flexibility index (Phi) is 4.65. The summed E-state index contributed by atoms with van der Waals surface area (Å²) in [6.07, 6.45) is 1.66. The van der Waals surface area contributed by atoms with Gasteiger partial charge in [-0.3, -0.25) is 4.79 Å². The van der Waals surface area contributed by atoms with Gasteiger partial charge in [-0.2, -0.15) is 4.98 Å². The van der Waals surface area contributed by atoms with Gasteiger partial charge in [-0.15, -0.1) is 0 Å². The lowest BCUT2D eigenvalue weighted by molar-refractivity contribution is 0.341. The molecule has 0 N–H and O–H groups in total. The summed E-state index contributed by atoms with van der Waals surface area (Å²) < 4.78 is 26.5. The highest BCUT2D eigenvalue weighted by Gasteiger charge is 2.19. The SMILES string of the molecule is CCOc1ccccc1-c1noc(-c2cn(CC)c3ccc(F)cc3c2=O)n1. The monoisotopic (exact) mass is 379 g/mol. The van der Waals surface area contributed by atoms with Crippen LogP contribution in [0.5, 0.6) is 5.75 Å². The van der Waals surface area contributed by atoms with Gasteiger partial charge < -0.3 is 13.8 Å². The first-order valence-corrected chi connectivity index (χ1v) is 9.01. The van der Waals surface area contributed by atoms with Crippen molar-refractivity contribution < 1.29 is 13.7 Å². The quantitative estimate of drug-likeness (QED) is 0.518. The number of hydrogen-bond acceptors (Lipinski definition) is 5. The van der Waals surface area contributed by atoms with Crippen LogP contribution in [0, 0.1) is 5.82 Å². The molecule has 7 heteroatoms. The number of hydrogen-bond donors (Lipinski definition) is 0. The van der Waals surface area contributed by atoms with Crippen LogP contribution in [-0.2, 0) is 6.54 Å². The summed E-state index contributed by atoms with van der Waals surface area (Å²) in [5, 5.41) is 4.28. The van der Waals surface area contributed by atoms with E-state index < -0.39 is 5.82 Å². The van der Waals surface area contributed by atoms with E-state index in [9.17, 15) is 9.18 Å². The van der Waals surface area contributed by atoms with E-state index in [1.807, 2.05) is 42.7 Å². The van der Waals surface area contributed by atoms with Gasteiger partial charge in [0.05, 0.1) is 17.7 Å². The van der Waals surface area contributed by atoms with Crippen LogP contribution < -0.4 is 10.2 Å². The molecule has 0 unspecified atom stereocenters. The minimum Gasteiger partial charge on any atom is -0.493 e. The van der Waals surface area contributed by atoms with E-state index >= 15 is 0 Å². The van der Waals surface area contributed by atoms with Crippen LogP contribution in [0.15, 0.2) is 58.0 Å². The van der Waals surface area contributed by atoms with Crippen LogP contribution in [0.25, 0.3) is 33.7 Å². The first kappa shape index (κ1) is 17.9. The minimum atomic E-state index is -0.471. The van der Waals surface area contributed by atoms with Gasteiger partial charge in [0.1, 0.15) is 17.1 Å². The zero-order valence-electron chi connectivity index (χ0n) is 15.5. The molecule has 4 rings (SSSR count). The normalized spacial score (nSPS) is 11.1. The first-order chi connectivity index (χ1) is 13.6. The Labute approximate surface area is 160 Å². The first-order valence-electron chi connectivity index (χ1n) is 9.01. The molecule has 0 saturated carbocycles. The van der Waals surface area contributed by atoms with Crippen LogP contribution in [0.3, 0.4) is 0 Å². The number of fused-ring (bicyclic) bond motifs is 1. The molecule has 0 bridgehead atoms. The maximum Gasteiger partial charge on any atom is 0.263 e. The van der Waals surface area contributed by atoms with Crippen LogP contribution >= 0.6 is 0 Å². The summed E-state index contributed by atoms with van der Waals surface area (Å²) in [4.78, 5) is 17.3. The molecule has 0 saturated heterocycles. The molecule has 4 aromatic rings. The number of aryl methyl sites for hydroxylation is 1. The predicted molar refractivity (Wildman–Crippen MR) is 104 cm³/mol. The summed E-state index contributed by atoms with van der Waals surface area (Å²) in [5.74, 6) is 0.561. The standard InChI is InChI=1S/C21H18FN3O3/c1-3-25-12-16(19(26)15-11-13(22)9-10-17(15)25)21-23-20(24-28-21)14-7-5-6-8-18(14)27-4-2/h5-12H,3-4H2,1-2H3. The third-order valence-electron chi connectivity index (χ3n) is 4.47. The van der Waals surface area contributed by atoms with Crippen LogP contribution in [0.2, 0.25) is 0 Å². The van der Waals surface area contributed by atoms with E-state index in [1.165, 1.54) is 12.1 Å². The lowest BCUT2D eigenvalue weighted by atomic mass is 10.1. The van der Waals surface area contributed by atoms with E-state index in [4.69, 9.17) is 9.26 Å². The molecule has 2 heterocycles. The molecule has 6 nitrogen and oxygen atoms in total. The lowest BCUT2D eigenvalue weighted by Gasteiger charge is -2.10. The van der Waals surface area contributed by atoms with E-state index in [-0.39, 0.29) is 22.3 Å². The summed E-state index contributed by atoms with van der Waals surface area (Å²) in [5.41, 5.74) is 1.20. The van der Waals surface area contributed by atoms with Crippen molar-refractivity contribution in [1.29, 1.82) is 0 Å². The van der Waals surface area contributed by atoms with Crippen molar-refractivity contribution in [1.82, 2.24) is 14.7 Å². The maximum atomic E-state index is 13.7. The van der Waals surface area contributed by atoms with Crippen molar-refractivity contribution in [3.63, 3.8) is 0 Å². The summed E-state index contributed by atoms with van der Waals surface area (Å²) in [6.45, 7) is 4.93. The van der Waals surface area contributed by atoms with E-state index in [0.29, 0.717) is 35.8 Å². The van der Waals surface area contributed by atoms with Gasteiger partial charge in [0.25, 0.3) is 5.89 Å². The number of para-hydroxylation sites is 1. The zero-order chi connectivity index (χ0) is 19.7. The summed E-state index contributed by atoms with van der Waals surface area (Å²) >= 11 is 0. The highest BCUT2D eigenvalue weighted by atomic mass is 19.1. The van der Waals surface area contributed by atoms with E-state index in [1.54, 1.807) is 12.3 Å². The fourth-order valence-electron chi connectivity index (χ4n) is 3.16. The number of rotatable bonds is 5. The highest BCUT2D eigenvalue weighted by Crippen LogP contribution is 2.29. The molecule has 0 spiro atoms. The smallest absolute Gasteiger partial charge is 0.263 e. The fraction of sp³-hybridized carbons (Fsp3) is 0.190. The molecule has 0 atom stereocenters. The predicted octanol–water partition coefficient (Wildman–Crippen LogP) is 4.28. The van der Waals surface area contributed by atoms with Crippen molar-refractivity contribution in [2.75, 3.05) is 6.61 Å². The van der Waals surface area contributed by atoms with Crippen LogP contribution in [-0.4, -0.2) is 21.3 Å². The highest BCUT2D eigenvalue weighted by molar-refractivity contribution is 5.83. The molecule has 0 aliphatic carbocycles. The molecule has 0 aliphatic rings. The van der Waals surface area contributed by atoms with Crippen molar-refractivity contribution in [3.8, 4) is 28.6 Å². The maximum absolute atomic E-state index is 13.7. The van der Waals surface area contributed by atoms with Gasteiger partial charge in [0, 0.05) is 18.1 Å². The van der Waals surface area contributed by atoms with Crippen LogP contribution in [0.4, 0.5) is 4.39 Å². The van der Waals surface area contributed by atoms with E-state index in [0.717, 1.165) is 0 Å². The topological polar surface area (TPSA) is 70.2 Å². The van der Waals surface area contributed by atoms with Gasteiger partial charge in [0.15, 0.2) is 0 Å². The lowest BCUT2D eigenvalue weighted by Crippen LogP contribution is -2.12. The van der Waals surface area contributed by atoms with E-state index in [2.05, 4.69) is 10.1 Å². The Morgan fingerprint density at radius 1 is 1.14 bits per heavy atom. The van der Waals surface area contributed by atoms with Gasteiger partial charge in [-0.1, -0.05) is 17.3 Å². The Morgan fingerprint density at radius 2 is 1.96 bits per heavy atom. The Balaban J connectivity index is 1.87. The van der Waals surface area contributed by atoms with Gasteiger partial charge in [-0.25, -0.2) is 4.39 Å². The van der Waals surface area contributed by atoms with Gasteiger partial charge >= 0.3 is 0 Å². The molecule has 2 aromatic carbocycles. The minimum absolute atomic E-state index is 0.0830. The fourth-order valence-corrected chi connectivity index (χ4v) is 3.16. The third-order valence-corrected chi connectivity index (χ3v) is 4.47. The van der Waals surface area contributed by atoms with Gasteiger partial charge in [0.2, 0.25) is 11.3 Å². The summed E-state index contributed by atoms with van der Waals surface area (Å²) in [6, 6.07) is 11.5. The second kappa shape index (κ2) is 7.26. The van der Waals surface area contributed by atoms with Crippen molar-refractivity contribution >= 4 is 10.9 Å². The Hall–Kier alpha value is -3.48. The second-order valence-electron chi connectivity index (χ2n) is 6.17. The Bertz CT molecular complexity index is 1210. The average Bonchev–Trinajstić information content (AvgIpc) is 3.19. The number of halogens is 1.